The fraction of sp³-hybridized carbons (Fsp3) is 0.375. The lowest BCUT2D eigenvalue weighted by molar-refractivity contribution is 0.0904. The highest BCUT2D eigenvalue weighted by molar-refractivity contribution is 5.96. The van der Waals surface area contributed by atoms with Crippen molar-refractivity contribution in [3.05, 3.63) is 47.3 Å². The molecule has 2 aromatic rings. The minimum atomic E-state index is -0.114. The van der Waals surface area contributed by atoms with Crippen LogP contribution in [-0.4, -0.2) is 35.4 Å². The summed E-state index contributed by atoms with van der Waals surface area (Å²) >= 11 is 0. The maximum absolute atomic E-state index is 12.4. The van der Waals surface area contributed by atoms with E-state index in [-0.39, 0.29) is 11.9 Å². The minimum Gasteiger partial charge on any atom is -0.383 e. The van der Waals surface area contributed by atoms with Crippen LogP contribution in [0.15, 0.2) is 30.3 Å². The summed E-state index contributed by atoms with van der Waals surface area (Å²) in [6.45, 7) is 6.15. The van der Waals surface area contributed by atoms with Gasteiger partial charge in [-0.05, 0) is 32.9 Å². The lowest BCUT2D eigenvalue weighted by Gasteiger charge is -2.13. The molecule has 0 aliphatic heterocycles. The molecular formula is C16H21N3O2. The van der Waals surface area contributed by atoms with Crippen LogP contribution in [0.1, 0.15) is 28.7 Å². The third kappa shape index (κ3) is 3.31. The van der Waals surface area contributed by atoms with Gasteiger partial charge in [0.25, 0.3) is 5.91 Å². The molecule has 21 heavy (non-hydrogen) atoms. The van der Waals surface area contributed by atoms with Crippen molar-refractivity contribution in [1.29, 1.82) is 0 Å². The first kappa shape index (κ1) is 15.3. The molecule has 0 spiro atoms. The maximum atomic E-state index is 12.4. The Kier molecular flexibility index (Phi) is 4.75. The van der Waals surface area contributed by atoms with Crippen molar-refractivity contribution in [3.63, 3.8) is 0 Å². The molecule has 0 fully saturated rings. The Labute approximate surface area is 124 Å². The zero-order valence-corrected chi connectivity index (χ0v) is 12.9. The van der Waals surface area contributed by atoms with Gasteiger partial charge in [-0.15, -0.1) is 0 Å². The molecule has 1 unspecified atom stereocenters. The highest BCUT2D eigenvalue weighted by Gasteiger charge is 2.20. The normalized spacial score (nSPS) is 12.2. The quantitative estimate of drug-likeness (QED) is 0.917. The number of nitrogens with zero attached hydrogens (tertiary/aromatic N) is 2. The second kappa shape index (κ2) is 6.54. The number of para-hydroxylation sites is 1. The Morgan fingerprint density at radius 2 is 2.00 bits per heavy atom. The van der Waals surface area contributed by atoms with Crippen LogP contribution >= 0.6 is 0 Å². The molecule has 1 atom stereocenters. The van der Waals surface area contributed by atoms with Gasteiger partial charge in [0.05, 0.1) is 29.2 Å². The van der Waals surface area contributed by atoms with E-state index in [0.29, 0.717) is 12.2 Å². The molecule has 1 aromatic carbocycles. The van der Waals surface area contributed by atoms with Crippen molar-refractivity contribution in [2.75, 3.05) is 13.7 Å². The number of hydrogen-bond donors (Lipinski definition) is 1. The number of carbonyl (C=O) groups excluding carboxylic acids is 1. The van der Waals surface area contributed by atoms with Crippen LogP contribution in [0, 0.1) is 13.8 Å². The monoisotopic (exact) mass is 287 g/mol. The summed E-state index contributed by atoms with van der Waals surface area (Å²) in [5, 5.41) is 7.41. The fourth-order valence-electron chi connectivity index (χ4n) is 2.38. The first-order valence-electron chi connectivity index (χ1n) is 6.96. The Balaban J connectivity index is 2.30. The molecule has 0 aliphatic rings. The van der Waals surface area contributed by atoms with Crippen LogP contribution in [0.4, 0.5) is 0 Å². The first-order chi connectivity index (χ1) is 10.0. The van der Waals surface area contributed by atoms with Crippen LogP contribution in [0.2, 0.25) is 0 Å². The van der Waals surface area contributed by atoms with E-state index in [4.69, 9.17) is 4.74 Å². The van der Waals surface area contributed by atoms with Gasteiger partial charge in [-0.25, -0.2) is 4.68 Å². The Morgan fingerprint density at radius 1 is 1.33 bits per heavy atom. The fourth-order valence-corrected chi connectivity index (χ4v) is 2.38. The van der Waals surface area contributed by atoms with Gasteiger partial charge in [0.15, 0.2) is 0 Å². The number of aryl methyl sites for hydroxylation is 1. The van der Waals surface area contributed by atoms with E-state index in [2.05, 4.69) is 10.4 Å². The van der Waals surface area contributed by atoms with E-state index in [1.165, 1.54) is 0 Å². The van der Waals surface area contributed by atoms with Crippen LogP contribution in [0.5, 0.6) is 0 Å². The van der Waals surface area contributed by atoms with E-state index >= 15 is 0 Å². The van der Waals surface area contributed by atoms with E-state index in [0.717, 1.165) is 17.1 Å². The molecule has 1 N–H and O–H groups in total. The van der Waals surface area contributed by atoms with E-state index < -0.39 is 0 Å². The average molecular weight is 287 g/mol. The Hall–Kier alpha value is -2.14. The summed E-state index contributed by atoms with van der Waals surface area (Å²) < 4.78 is 6.84. The highest BCUT2D eigenvalue weighted by atomic mass is 16.5. The van der Waals surface area contributed by atoms with Gasteiger partial charge in [-0.1, -0.05) is 18.2 Å². The summed E-state index contributed by atoms with van der Waals surface area (Å²) in [5.41, 5.74) is 3.13. The topological polar surface area (TPSA) is 56.1 Å². The van der Waals surface area contributed by atoms with Crippen LogP contribution in [-0.2, 0) is 4.74 Å². The van der Waals surface area contributed by atoms with Gasteiger partial charge in [0.1, 0.15) is 0 Å². The lowest BCUT2D eigenvalue weighted by atomic mass is 10.1. The number of ether oxygens (including phenoxy) is 1. The molecule has 1 aromatic heterocycles. The van der Waals surface area contributed by atoms with Gasteiger partial charge < -0.3 is 10.1 Å². The molecular weight excluding hydrogens is 266 g/mol. The molecule has 0 aliphatic carbocycles. The standard InChI is InChI=1S/C16H21N3O2/c1-11(10-21-4)17-16(20)15-12(2)18-19(13(15)3)14-8-6-5-7-9-14/h5-9,11H,10H2,1-4H3,(H,17,20). The van der Waals surface area contributed by atoms with Gasteiger partial charge in [0.2, 0.25) is 0 Å². The van der Waals surface area contributed by atoms with Crippen molar-refractivity contribution in [2.24, 2.45) is 0 Å². The molecule has 1 amide bonds. The van der Waals surface area contributed by atoms with Gasteiger partial charge in [-0.2, -0.15) is 5.10 Å². The van der Waals surface area contributed by atoms with E-state index in [9.17, 15) is 4.79 Å². The Morgan fingerprint density at radius 3 is 2.62 bits per heavy atom. The number of hydrogen-bond acceptors (Lipinski definition) is 3. The van der Waals surface area contributed by atoms with Gasteiger partial charge in [-0.3, -0.25) is 4.79 Å². The second-order valence-electron chi connectivity index (χ2n) is 5.12. The van der Waals surface area contributed by atoms with Gasteiger partial charge in [0, 0.05) is 13.2 Å². The number of benzene rings is 1. The van der Waals surface area contributed by atoms with Crippen molar-refractivity contribution < 1.29 is 9.53 Å². The number of amides is 1. The number of carbonyl (C=O) groups is 1. The molecule has 2 rings (SSSR count). The zero-order valence-electron chi connectivity index (χ0n) is 12.9. The Bertz CT molecular complexity index is 620. The van der Waals surface area contributed by atoms with Gasteiger partial charge >= 0.3 is 0 Å². The van der Waals surface area contributed by atoms with Crippen molar-refractivity contribution in [1.82, 2.24) is 15.1 Å². The average Bonchev–Trinajstić information content (AvgIpc) is 2.75. The lowest BCUT2D eigenvalue weighted by Crippen LogP contribution is -2.36. The minimum absolute atomic E-state index is 0.0404. The predicted octanol–water partition coefficient (Wildman–Crippen LogP) is 2.25. The molecule has 1 heterocycles. The molecule has 0 radical (unpaired) electrons. The predicted molar refractivity (Wildman–Crippen MR) is 81.8 cm³/mol. The van der Waals surface area contributed by atoms with Crippen molar-refractivity contribution in [2.45, 2.75) is 26.8 Å². The van der Waals surface area contributed by atoms with Crippen molar-refractivity contribution >= 4 is 5.91 Å². The third-order valence-electron chi connectivity index (χ3n) is 3.31. The van der Waals surface area contributed by atoms with E-state index in [1.807, 2.05) is 51.1 Å². The summed E-state index contributed by atoms with van der Waals surface area (Å²) in [6, 6.07) is 9.75. The number of aromatic nitrogens is 2. The molecule has 0 bridgehead atoms. The molecule has 112 valence electrons. The highest BCUT2D eigenvalue weighted by Crippen LogP contribution is 2.17. The number of nitrogens with one attached hydrogen (secondary N) is 1. The largest absolute Gasteiger partial charge is 0.383 e. The smallest absolute Gasteiger partial charge is 0.255 e. The zero-order chi connectivity index (χ0) is 15.4. The van der Waals surface area contributed by atoms with Crippen LogP contribution < -0.4 is 5.32 Å². The first-order valence-corrected chi connectivity index (χ1v) is 6.96. The molecule has 0 saturated heterocycles. The van der Waals surface area contributed by atoms with Crippen LogP contribution in [0.25, 0.3) is 5.69 Å². The molecule has 5 nitrogen and oxygen atoms in total. The number of rotatable bonds is 5. The van der Waals surface area contributed by atoms with Crippen molar-refractivity contribution in [3.8, 4) is 5.69 Å². The second-order valence-corrected chi connectivity index (χ2v) is 5.12. The summed E-state index contributed by atoms with van der Waals surface area (Å²) in [7, 11) is 1.62. The third-order valence-corrected chi connectivity index (χ3v) is 3.31. The van der Waals surface area contributed by atoms with E-state index in [1.54, 1.807) is 11.8 Å². The molecule has 0 saturated carbocycles. The maximum Gasteiger partial charge on any atom is 0.255 e. The van der Waals surface area contributed by atoms with Crippen LogP contribution in [0.3, 0.4) is 0 Å². The summed E-state index contributed by atoms with van der Waals surface area (Å²) in [4.78, 5) is 12.4. The molecule has 5 heteroatoms. The number of methoxy groups -OCH3 is 1. The summed E-state index contributed by atoms with van der Waals surface area (Å²) in [6.07, 6.45) is 0. The SMILES string of the molecule is COCC(C)NC(=O)c1c(C)nn(-c2ccccc2)c1C. The summed E-state index contributed by atoms with van der Waals surface area (Å²) in [5.74, 6) is -0.114.